The number of rotatable bonds is 4. The average molecular weight is 215 g/mol. The van der Waals surface area contributed by atoms with Crippen molar-refractivity contribution in [3.63, 3.8) is 0 Å². The van der Waals surface area contributed by atoms with Gasteiger partial charge in [0.15, 0.2) is 0 Å². The first-order valence-electron chi connectivity index (χ1n) is 4.24. The Morgan fingerprint density at radius 3 is 2.93 bits per heavy atom. The fourth-order valence-electron chi connectivity index (χ4n) is 0.913. The minimum absolute atomic E-state index is 0.0201. The first-order valence-corrected chi connectivity index (χ1v) is 4.62. The molecule has 1 aromatic rings. The van der Waals surface area contributed by atoms with Gasteiger partial charge in [0.25, 0.3) is 0 Å². The second-order valence-corrected chi connectivity index (χ2v) is 3.13. The van der Waals surface area contributed by atoms with Crippen LogP contribution in [-0.4, -0.2) is 22.6 Å². The van der Waals surface area contributed by atoms with Crippen molar-refractivity contribution in [2.45, 2.75) is 12.8 Å². The van der Waals surface area contributed by atoms with E-state index in [1.165, 1.54) is 6.20 Å². The number of nitrogens with one attached hydrogen (secondary N) is 1. The second kappa shape index (κ2) is 5.57. The van der Waals surface area contributed by atoms with E-state index in [0.717, 1.165) is 0 Å². The van der Waals surface area contributed by atoms with Crippen LogP contribution < -0.4 is 5.32 Å². The summed E-state index contributed by atoms with van der Waals surface area (Å²) in [5.41, 5.74) is 0.609. The summed E-state index contributed by atoms with van der Waals surface area (Å²) in [6, 6.07) is 3.27. The molecule has 76 valence electrons. The maximum Gasteiger partial charge on any atom is 0.224 e. The van der Waals surface area contributed by atoms with Gasteiger partial charge < -0.3 is 10.4 Å². The van der Waals surface area contributed by atoms with Gasteiger partial charge in [-0.25, -0.2) is 4.98 Å². The fourth-order valence-corrected chi connectivity index (χ4v) is 1.02. The van der Waals surface area contributed by atoms with E-state index in [4.69, 9.17) is 16.7 Å². The molecule has 0 aliphatic heterocycles. The van der Waals surface area contributed by atoms with Crippen LogP contribution >= 0.6 is 11.6 Å². The first-order chi connectivity index (χ1) is 6.72. The van der Waals surface area contributed by atoms with Crippen LogP contribution in [0.15, 0.2) is 18.3 Å². The van der Waals surface area contributed by atoms with E-state index in [2.05, 4.69) is 10.3 Å². The monoisotopic (exact) mass is 214 g/mol. The van der Waals surface area contributed by atoms with Crippen LogP contribution in [0.2, 0.25) is 5.15 Å². The Hall–Kier alpha value is -1.13. The van der Waals surface area contributed by atoms with E-state index in [1.807, 2.05) is 0 Å². The van der Waals surface area contributed by atoms with Crippen molar-refractivity contribution in [2.24, 2.45) is 0 Å². The van der Waals surface area contributed by atoms with Crippen LogP contribution in [0.1, 0.15) is 12.8 Å². The topological polar surface area (TPSA) is 62.2 Å². The lowest BCUT2D eigenvalue weighted by molar-refractivity contribution is -0.116. The molecule has 1 amide bonds. The van der Waals surface area contributed by atoms with Gasteiger partial charge in [0, 0.05) is 13.0 Å². The number of aromatic nitrogens is 1. The van der Waals surface area contributed by atoms with E-state index >= 15 is 0 Å². The van der Waals surface area contributed by atoms with Crippen LogP contribution in [0.3, 0.4) is 0 Å². The molecule has 2 N–H and O–H groups in total. The fraction of sp³-hybridized carbons (Fsp3) is 0.333. The summed E-state index contributed by atoms with van der Waals surface area (Å²) in [6.45, 7) is 0.0201. The maximum absolute atomic E-state index is 11.2. The molecular weight excluding hydrogens is 204 g/mol. The third-order valence-corrected chi connectivity index (χ3v) is 1.80. The molecule has 5 heteroatoms. The summed E-state index contributed by atoms with van der Waals surface area (Å²) in [5.74, 6) is -0.136. The summed E-state index contributed by atoms with van der Waals surface area (Å²) >= 11 is 5.57. The second-order valence-electron chi connectivity index (χ2n) is 2.74. The van der Waals surface area contributed by atoms with Crippen molar-refractivity contribution in [3.8, 4) is 0 Å². The van der Waals surface area contributed by atoms with Gasteiger partial charge in [-0.15, -0.1) is 0 Å². The Bertz CT molecular complexity index is 300. The van der Waals surface area contributed by atoms with E-state index in [1.54, 1.807) is 12.1 Å². The van der Waals surface area contributed by atoms with E-state index in [-0.39, 0.29) is 12.5 Å². The first kappa shape index (κ1) is 10.9. The van der Waals surface area contributed by atoms with Crippen LogP contribution in [0.5, 0.6) is 0 Å². The smallest absolute Gasteiger partial charge is 0.224 e. The molecule has 1 heterocycles. The summed E-state index contributed by atoms with van der Waals surface area (Å²) in [5, 5.41) is 11.5. The molecule has 0 unspecified atom stereocenters. The van der Waals surface area contributed by atoms with Crippen molar-refractivity contribution in [3.05, 3.63) is 23.5 Å². The Morgan fingerprint density at radius 2 is 2.36 bits per heavy atom. The van der Waals surface area contributed by atoms with Crippen molar-refractivity contribution in [1.82, 2.24) is 4.98 Å². The highest BCUT2D eigenvalue weighted by Gasteiger charge is 2.01. The van der Waals surface area contributed by atoms with Crippen molar-refractivity contribution < 1.29 is 9.90 Å². The number of carbonyl (C=O) groups is 1. The summed E-state index contributed by atoms with van der Waals surface area (Å²) in [4.78, 5) is 15.0. The van der Waals surface area contributed by atoms with E-state index in [0.29, 0.717) is 23.7 Å². The Morgan fingerprint density at radius 1 is 1.57 bits per heavy atom. The zero-order chi connectivity index (χ0) is 10.4. The molecule has 1 aromatic heterocycles. The van der Waals surface area contributed by atoms with Crippen LogP contribution in [0, 0.1) is 0 Å². The number of pyridine rings is 1. The zero-order valence-electron chi connectivity index (χ0n) is 7.53. The Labute approximate surface area is 86.9 Å². The number of halogens is 1. The van der Waals surface area contributed by atoms with Gasteiger partial charge in [0.05, 0.1) is 11.9 Å². The molecule has 14 heavy (non-hydrogen) atoms. The molecule has 0 aliphatic carbocycles. The highest BCUT2D eigenvalue weighted by atomic mass is 35.5. The predicted octanol–water partition coefficient (Wildman–Crippen LogP) is 1.45. The summed E-state index contributed by atoms with van der Waals surface area (Å²) < 4.78 is 0. The number of anilines is 1. The number of hydrogen-bond acceptors (Lipinski definition) is 3. The lowest BCUT2D eigenvalue weighted by Gasteiger charge is -2.03. The molecule has 1 rings (SSSR count). The highest BCUT2D eigenvalue weighted by Crippen LogP contribution is 2.09. The van der Waals surface area contributed by atoms with Crippen molar-refractivity contribution >= 4 is 23.2 Å². The molecule has 0 saturated carbocycles. The third kappa shape index (κ3) is 3.72. The Balaban J connectivity index is 2.44. The molecule has 0 aliphatic rings. The van der Waals surface area contributed by atoms with Crippen molar-refractivity contribution in [1.29, 1.82) is 0 Å². The number of aliphatic hydroxyl groups is 1. The van der Waals surface area contributed by atoms with Crippen molar-refractivity contribution in [2.75, 3.05) is 11.9 Å². The zero-order valence-corrected chi connectivity index (χ0v) is 8.29. The molecule has 4 nitrogen and oxygen atoms in total. The minimum atomic E-state index is -0.136. The SMILES string of the molecule is O=C(CCCO)Nc1ccc(Cl)nc1. The molecule has 0 spiro atoms. The predicted molar refractivity (Wildman–Crippen MR) is 54.2 cm³/mol. The number of nitrogens with zero attached hydrogens (tertiary/aromatic N) is 1. The van der Waals surface area contributed by atoms with Crippen LogP contribution in [0.4, 0.5) is 5.69 Å². The quantitative estimate of drug-likeness (QED) is 0.746. The number of hydrogen-bond donors (Lipinski definition) is 2. The Kier molecular flexibility index (Phi) is 4.35. The third-order valence-electron chi connectivity index (χ3n) is 1.57. The lowest BCUT2D eigenvalue weighted by Crippen LogP contribution is -2.11. The van der Waals surface area contributed by atoms with Crippen LogP contribution in [-0.2, 0) is 4.79 Å². The molecule has 0 bridgehead atoms. The molecule has 0 aromatic carbocycles. The molecule has 0 saturated heterocycles. The van der Waals surface area contributed by atoms with Gasteiger partial charge in [0.2, 0.25) is 5.91 Å². The molecule has 0 fully saturated rings. The number of aliphatic hydroxyl groups excluding tert-OH is 1. The number of carbonyl (C=O) groups excluding carboxylic acids is 1. The minimum Gasteiger partial charge on any atom is -0.396 e. The molecular formula is C9H11ClN2O2. The van der Waals surface area contributed by atoms with Gasteiger partial charge >= 0.3 is 0 Å². The van der Waals surface area contributed by atoms with Gasteiger partial charge in [0.1, 0.15) is 5.15 Å². The summed E-state index contributed by atoms with van der Waals surface area (Å²) in [6.07, 6.45) is 2.26. The largest absolute Gasteiger partial charge is 0.396 e. The van der Waals surface area contributed by atoms with Gasteiger partial charge in [-0.2, -0.15) is 0 Å². The molecule has 0 atom stereocenters. The average Bonchev–Trinajstić information content (AvgIpc) is 2.18. The lowest BCUT2D eigenvalue weighted by atomic mass is 10.3. The normalized spacial score (nSPS) is 9.86. The van der Waals surface area contributed by atoms with Gasteiger partial charge in [-0.05, 0) is 18.6 Å². The maximum atomic E-state index is 11.2. The van der Waals surface area contributed by atoms with E-state index in [9.17, 15) is 4.79 Å². The number of amides is 1. The van der Waals surface area contributed by atoms with Crippen LogP contribution in [0.25, 0.3) is 0 Å². The summed E-state index contributed by atoms with van der Waals surface area (Å²) in [7, 11) is 0. The standard InChI is InChI=1S/C9H11ClN2O2/c10-8-4-3-7(6-11-8)12-9(14)2-1-5-13/h3-4,6,13H,1-2,5H2,(H,12,14). The van der Waals surface area contributed by atoms with Gasteiger partial charge in [-0.3, -0.25) is 4.79 Å². The van der Waals surface area contributed by atoms with Gasteiger partial charge in [-0.1, -0.05) is 11.6 Å². The van der Waals surface area contributed by atoms with E-state index < -0.39 is 0 Å². The molecule has 0 radical (unpaired) electrons. The highest BCUT2D eigenvalue weighted by molar-refractivity contribution is 6.29.